The Kier molecular flexibility index (Phi) is 2.56. The first-order chi connectivity index (χ1) is 6.70. The van der Waals surface area contributed by atoms with Crippen molar-refractivity contribution in [3.05, 3.63) is 27.8 Å². The van der Waals surface area contributed by atoms with E-state index in [9.17, 15) is 0 Å². The monoisotopic (exact) mass is 272 g/mol. The van der Waals surface area contributed by atoms with Crippen LogP contribution in [0, 0.1) is 0 Å². The number of nitrogens with zero attached hydrogens (tertiary/aromatic N) is 2. The molecule has 0 saturated heterocycles. The Bertz CT molecular complexity index is 489. The van der Waals surface area contributed by atoms with Crippen molar-refractivity contribution in [2.45, 2.75) is 0 Å². The van der Waals surface area contributed by atoms with E-state index in [0.29, 0.717) is 16.4 Å². The molecule has 0 atom stereocenters. The van der Waals surface area contributed by atoms with E-state index in [2.05, 4.69) is 25.9 Å². The molecule has 14 heavy (non-hydrogen) atoms. The Balaban J connectivity index is 2.75. The SMILES string of the molecule is COc1cnc2c(Br)cc(Cl)cc2n1. The summed E-state index contributed by atoms with van der Waals surface area (Å²) in [4.78, 5) is 8.42. The van der Waals surface area contributed by atoms with Crippen LogP contribution in [0.25, 0.3) is 11.0 Å². The Labute approximate surface area is 94.2 Å². The van der Waals surface area contributed by atoms with E-state index in [1.54, 1.807) is 25.4 Å². The van der Waals surface area contributed by atoms with Crippen molar-refractivity contribution in [2.24, 2.45) is 0 Å². The molecule has 1 heterocycles. The summed E-state index contributed by atoms with van der Waals surface area (Å²) < 4.78 is 5.80. The smallest absolute Gasteiger partial charge is 0.232 e. The molecule has 0 radical (unpaired) electrons. The van der Waals surface area contributed by atoms with Crippen molar-refractivity contribution in [3.8, 4) is 5.88 Å². The van der Waals surface area contributed by atoms with Gasteiger partial charge in [-0.25, -0.2) is 9.97 Å². The first-order valence-corrected chi connectivity index (χ1v) is 5.03. The summed E-state index contributed by atoms with van der Waals surface area (Å²) in [5.41, 5.74) is 1.49. The second-order valence-corrected chi connectivity index (χ2v) is 3.96. The van der Waals surface area contributed by atoms with Gasteiger partial charge in [0.2, 0.25) is 5.88 Å². The molecule has 0 amide bonds. The van der Waals surface area contributed by atoms with Crippen LogP contribution >= 0.6 is 27.5 Å². The van der Waals surface area contributed by atoms with Crippen LogP contribution in [-0.2, 0) is 0 Å². The van der Waals surface area contributed by atoms with Crippen LogP contribution in [0.2, 0.25) is 5.02 Å². The van der Waals surface area contributed by atoms with Gasteiger partial charge in [0.25, 0.3) is 0 Å². The lowest BCUT2D eigenvalue weighted by molar-refractivity contribution is 0.397. The lowest BCUT2D eigenvalue weighted by Gasteiger charge is -2.02. The van der Waals surface area contributed by atoms with Crippen molar-refractivity contribution in [1.29, 1.82) is 0 Å². The number of halogens is 2. The highest BCUT2D eigenvalue weighted by molar-refractivity contribution is 9.10. The average Bonchev–Trinajstić information content (AvgIpc) is 2.16. The van der Waals surface area contributed by atoms with Gasteiger partial charge in [-0.15, -0.1) is 0 Å². The normalized spacial score (nSPS) is 10.5. The van der Waals surface area contributed by atoms with Crippen molar-refractivity contribution >= 4 is 38.6 Å². The molecule has 0 fully saturated rings. The standard InChI is InChI=1S/C9H6BrClN2O/c1-14-8-4-12-9-6(10)2-5(11)3-7(9)13-8/h2-4H,1H3. The lowest BCUT2D eigenvalue weighted by Crippen LogP contribution is -1.91. The summed E-state index contributed by atoms with van der Waals surface area (Å²) in [6, 6.07) is 3.53. The fraction of sp³-hybridized carbons (Fsp3) is 0.111. The molecule has 0 bridgehead atoms. The summed E-state index contributed by atoms with van der Waals surface area (Å²) in [5, 5.41) is 0.618. The molecule has 1 aromatic carbocycles. The minimum absolute atomic E-state index is 0.478. The number of benzene rings is 1. The van der Waals surface area contributed by atoms with Crippen LogP contribution in [0.15, 0.2) is 22.8 Å². The van der Waals surface area contributed by atoms with E-state index < -0.39 is 0 Å². The molecule has 0 aliphatic rings. The van der Waals surface area contributed by atoms with Crippen molar-refractivity contribution < 1.29 is 4.74 Å². The highest BCUT2D eigenvalue weighted by atomic mass is 79.9. The van der Waals surface area contributed by atoms with Gasteiger partial charge >= 0.3 is 0 Å². The first kappa shape index (κ1) is 9.68. The largest absolute Gasteiger partial charge is 0.480 e. The van der Waals surface area contributed by atoms with Gasteiger partial charge < -0.3 is 4.74 Å². The molecule has 0 unspecified atom stereocenters. The van der Waals surface area contributed by atoms with E-state index in [1.807, 2.05) is 0 Å². The van der Waals surface area contributed by atoms with Gasteiger partial charge in [0.1, 0.15) is 5.52 Å². The second kappa shape index (κ2) is 3.71. The van der Waals surface area contributed by atoms with E-state index >= 15 is 0 Å². The third-order valence-corrected chi connectivity index (χ3v) is 2.57. The molecule has 5 heteroatoms. The maximum atomic E-state index is 5.88. The van der Waals surface area contributed by atoms with E-state index in [4.69, 9.17) is 16.3 Å². The van der Waals surface area contributed by atoms with Crippen molar-refractivity contribution in [3.63, 3.8) is 0 Å². The average molecular weight is 274 g/mol. The van der Waals surface area contributed by atoms with Gasteiger partial charge in [0.05, 0.1) is 18.8 Å². The van der Waals surface area contributed by atoms with Gasteiger partial charge in [-0.1, -0.05) is 11.6 Å². The van der Waals surface area contributed by atoms with E-state index in [-0.39, 0.29) is 0 Å². The number of methoxy groups -OCH3 is 1. The van der Waals surface area contributed by atoms with Crippen LogP contribution in [0.4, 0.5) is 0 Å². The molecule has 0 aliphatic carbocycles. The Morgan fingerprint density at radius 3 is 2.93 bits per heavy atom. The first-order valence-electron chi connectivity index (χ1n) is 3.86. The van der Waals surface area contributed by atoms with Gasteiger partial charge in [-0.3, -0.25) is 0 Å². The highest BCUT2D eigenvalue weighted by Crippen LogP contribution is 2.26. The summed E-state index contributed by atoms with van der Waals surface area (Å²) >= 11 is 9.25. The number of rotatable bonds is 1. The fourth-order valence-corrected chi connectivity index (χ4v) is 2.03. The summed E-state index contributed by atoms with van der Waals surface area (Å²) in [5.74, 6) is 0.478. The van der Waals surface area contributed by atoms with Crippen LogP contribution < -0.4 is 4.74 Å². The molecular weight excluding hydrogens is 267 g/mol. The molecule has 2 aromatic rings. The molecule has 3 nitrogen and oxygen atoms in total. The summed E-state index contributed by atoms with van der Waals surface area (Å²) in [7, 11) is 1.55. The Morgan fingerprint density at radius 1 is 1.43 bits per heavy atom. The Hall–Kier alpha value is -0.870. The predicted octanol–water partition coefficient (Wildman–Crippen LogP) is 3.05. The predicted molar refractivity (Wildman–Crippen MR) is 58.8 cm³/mol. The third kappa shape index (κ3) is 1.67. The van der Waals surface area contributed by atoms with Gasteiger partial charge in [0.15, 0.2) is 0 Å². The summed E-state index contributed by atoms with van der Waals surface area (Å²) in [6.07, 6.45) is 1.57. The van der Waals surface area contributed by atoms with Crippen molar-refractivity contribution in [1.82, 2.24) is 9.97 Å². The molecule has 0 N–H and O–H groups in total. The lowest BCUT2D eigenvalue weighted by atomic mass is 10.3. The van der Waals surface area contributed by atoms with Crippen LogP contribution in [-0.4, -0.2) is 17.1 Å². The minimum Gasteiger partial charge on any atom is -0.480 e. The molecule has 72 valence electrons. The number of ether oxygens (including phenoxy) is 1. The molecular formula is C9H6BrClN2O. The van der Waals surface area contributed by atoms with Crippen molar-refractivity contribution in [2.75, 3.05) is 7.11 Å². The topological polar surface area (TPSA) is 35.0 Å². The van der Waals surface area contributed by atoms with Gasteiger partial charge in [-0.05, 0) is 28.1 Å². The molecule has 1 aromatic heterocycles. The highest BCUT2D eigenvalue weighted by Gasteiger charge is 2.04. The van der Waals surface area contributed by atoms with Crippen LogP contribution in [0.3, 0.4) is 0 Å². The number of hydrogen-bond acceptors (Lipinski definition) is 3. The second-order valence-electron chi connectivity index (χ2n) is 2.67. The number of fused-ring (bicyclic) bond motifs is 1. The molecule has 2 rings (SSSR count). The third-order valence-electron chi connectivity index (χ3n) is 1.75. The number of aromatic nitrogens is 2. The number of hydrogen-bond donors (Lipinski definition) is 0. The zero-order chi connectivity index (χ0) is 10.1. The van der Waals surface area contributed by atoms with E-state index in [1.165, 1.54) is 0 Å². The maximum Gasteiger partial charge on any atom is 0.232 e. The van der Waals surface area contributed by atoms with Crippen LogP contribution in [0.5, 0.6) is 5.88 Å². The maximum absolute atomic E-state index is 5.88. The molecule has 0 aliphatic heterocycles. The van der Waals surface area contributed by atoms with Gasteiger partial charge in [-0.2, -0.15) is 0 Å². The van der Waals surface area contributed by atoms with Gasteiger partial charge in [0, 0.05) is 9.50 Å². The zero-order valence-corrected chi connectivity index (χ0v) is 9.63. The molecule has 0 spiro atoms. The van der Waals surface area contributed by atoms with E-state index in [0.717, 1.165) is 9.99 Å². The summed E-state index contributed by atoms with van der Waals surface area (Å²) in [6.45, 7) is 0. The Morgan fingerprint density at radius 2 is 2.21 bits per heavy atom. The fourth-order valence-electron chi connectivity index (χ4n) is 1.13. The quantitative estimate of drug-likeness (QED) is 0.801. The minimum atomic E-state index is 0.478. The van der Waals surface area contributed by atoms with Crippen LogP contribution in [0.1, 0.15) is 0 Å². The zero-order valence-electron chi connectivity index (χ0n) is 7.29. The molecule has 0 saturated carbocycles.